The molecular weight excluding hydrogens is 226 g/mol. The lowest BCUT2D eigenvalue weighted by atomic mass is 10.00. The van der Waals surface area contributed by atoms with Crippen LogP contribution < -0.4 is 5.32 Å². The quantitative estimate of drug-likeness (QED) is 0.654. The molecule has 3 nitrogen and oxygen atoms in total. The van der Waals surface area contributed by atoms with E-state index >= 15 is 0 Å². The first-order valence-corrected chi connectivity index (χ1v) is 6.37. The van der Waals surface area contributed by atoms with Gasteiger partial charge in [0, 0.05) is 6.04 Å². The van der Waals surface area contributed by atoms with Gasteiger partial charge in [-0.1, -0.05) is 42.5 Å². The van der Waals surface area contributed by atoms with Crippen LogP contribution in [0.1, 0.15) is 30.9 Å². The van der Waals surface area contributed by atoms with Crippen molar-refractivity contribution >= 4 is 5.97 Å². The Morgan fingerprint density at radius 3 is 2.78 bits per heavy atom. The van der Waals surface area contributed by atoms with Crippen molar-refractivity contribution in [3.8, 4) is 0 Å². The maximum Gasteiger partial charge on any atom is 0.327 e. The highest BCUT2D eigenvalue weighted by Crippen LogP contribution is 2.18. The molecule has 1 aromatic rings. The molecule has 1 aliphatic rings. The standard InChI is InChI=1S/C15H19NO2/c1-18-15(17)14(12-8-4-2-5-9-12)16-13-10-6-3-7-11-13/h2,4-6,8-10,13-14,16H,3,7,11H2,1H3. The largest absolute Gasteiger partial charge is 0.468 e. The molecule has 2 atom stereocenters. The number of carbonyl (C=O) groups excluding carboxylic acids is 1. The Hall–Kier alpha value is -1.61. The molecule has 0 saturated carbocycles. The molecule has 96 valence electrons. The van der Waals surface area contributed by atoms with Gasteiger partial charge in [0.1, 0.15) is 6.04 Å². The van der Waals surface area contributed by atoms with Gasteiger partial charge in [-0.2, -0.15) is 0 Å². The van der Waals surface area contributed by atoms with Gasteiger partial charge < -0.3 is 4.74 Å². The van der Waals surface area contributed by atoms with Crippen LogP contribution in [0.5, 0.6) is 0 Å². The van der Waals surface area contributed by atoms with Crippen molar-refractivity contribution in [3.05, 3.63) is 48.0 Å². The summed E-state index contributed by atoms with van der Waals surface area (Å²) in [6.45, 7) is 0. The van der Waals surface area contributed by atoms with E-state index in [-0.39, 0.29) is 18.1 Å². The number of carbonyl (C=O) groups is 1. The average molecular weight is 245 g/mol. The first-order chi connectivity index (χ1) is 8.81. The van der Waals surface area contributed by atoms with Gasteiger partial charge in [-0.25, -0.2) is 4.79 Å². The summed E-state index contributed by atoms with van der Waals surface area (Å²) in [5, 5.41) is 3.36. The lowest BCUT2D eigenvalue weighted by Crippen LogP contribution is -2.37. The van der Waals surface area contributed by atoms with Crippen LogP contribution >= 0.6 is 0 Å². The zero-order chi connectivity index (χ0) is 12.8. The molecule has 1 N–H and O–H groups in total. The van der Waals surface area contributed by atoms with Crippen LogP contribution in [-0.4, -0.2) is 19.1 Å². The SMILES string of the molecule is COC(=O)C(NC1C=CCCC1)c1ccccc1. The maximum absolute atomic E-state index is 11.9. The van der Waals surface area contributed by atoms with E-state index in [0.717, 1.165) is 24.8 Å². The number of esters is 1. The van der Waals surface area contributed by atoms with Crippen LogP contribution in [0.3, 0.4) is 0 Å². The van der Waals surface area contributed by atoms with E-state index in [0.29, 0.717) is 0 Å². The third kappa shape index (κ3) is 3.20. The number of hydrogen-bond donors (Lipinski definition) is 1. The molecule has 0 aliphatic heterocycles. The van der Waals surface area contributed by atoms with Crippen molar-refractivity contribution in [1.29, 1.82) is 0 Å². The van der Waals surface area contributed by atoms with Gasteiger partial charge in [-0.3, -0.25) is 5.32 Å². The second-order valence-corrected chi connectivity index (χ2v) is 4.50. The van der Waals surface area contributed by atoms with Gasteiger partial charge in [0.25, 0.3) is 0 Å². The lowest BCUT2D eigenvalue weighted by Gasteiger charge is -2.24. The van der Waals surface area contributed by atoms with Gasteiger partial charge >= 0.3 is 5.97 Å². The van der Waals surface area contributed by atoms with Crippen molar-refractivity contribution < 1.29 is 9.53 Å². The first-order valence-electron chi connectivity index (χ1n) is 6.37. The van der Waals surface area contributed by atoms with Crippen molar-refractivity contribution in [3.63, 3.8) is 0 Å². The maximum atomic E-state index is 11.9. The van der Waals surface area contributed by atoms with E-state index in [1.54, 1.807) is 0 Å². The summed E-state index contributed by atoms with van der Waals surface area (Å²) in [6.07, 6.45) is 7.67. The monoisotopic (exact) mass is 245 g/mol. The highest BCUT2D eigenvalue weighted by atomic mass is 16.5. The Bertz CT molecular complexity index is 414. The number of nitrogens with one attached hydrogen (secondary N) is 1. The molecule has 0 radical (unpaired) electrons. The van der Waals surface area contributed by atoms with E-state index < -0.39 is 0 Å². The number of benzene rings is 1. The van der Waals surface area contributed by atoms with Crippen LogP contribution in [0.25, 0.3) is 0 Å². The molecule has 1 aliphatic carbocycles. The van der Waals surface area contributed by atoms with Crippen LogP contribution in [0, 0.1) is 0 Å². The minimum Gasteiger partial charge on any atom is -0.468 e. The summed E-state index contributed by atoms with van der Waals surface area (Å²) >= 11 is 0. The fourth-order valence-electron chi connectivity index (χ4n) is 2.23. The van der Waals surface area contributed by atoms with Crippen molar-refractivity contribution in [1.82, 2.24) is 5.32 Å². The predicted molar refractivity (Wildman–Crippen MR) is 71.1 cm³/mol. The molecule has 2 unspecified atom stereocenters. The van der Waals surface area contributed by atoms with Gasteiger partial charge in [0.05, 0.1) is 7.11 Å². The van der Waals surface area contributed by atoms with Crippen LogP contribution in [0.2, 0.25) is 0 Å². The summed E-state index contributed by atoms with van der Waals surface area (Å²) in [7, 11) is 1.43. The summed E-state index contributed by atoms with van der Waals surface area (Å²) in [4.78, 5) is 11.9. The zero-order valence-electron chi connectivity index (χ0n) is 10.6. The molecule has 3 heteroatoms. The van der Waals surface area contributed by atoms with Gasteiger partial charge in [0.2, 0.25) is 0 Å². The molecule has 0 saturated heterocycles. The molecule has 0 spiro atoms. The first kappa shape index (κ1) is 12.8. The minimum absolute atomic E-state index is 0.236. The van der Waals surface area contributed by atoms with E-state index in [4.69, 9.17) is 4.74 Å². The van der Waals surface area contributed by atoms with Crippen molar-refractivity contribution in [2.75, 3.05) is 7.11 Å². The number of methoxy groups -OCH3 is 1. The number of allylic oxidation sites excluding steroid dienone is 1. The molecule has 0 heterocycles. The van der Waals surface area contributed by atoms with E-state index in [1.807, 2.05) is 30.3 Å². The van der Waals surface area contributed by atoms with Crippen molar-refractivity contribution in [2.45, 2.75) is 31.3 Å². The summed E-state index contributed by atoms with van der Waals surface area (Å²) < 4.78 is 4.88. The van der Waals surface area contributed by atoms with Gasteiger partial charge in [-0.15, -0.1) is 0 Å². The molecule has 2 rings (SSSR count). The fraction of sp³-hybridized carbons (Fsp3) is 0.400. The highest BCUT2D eigenvalue weighted by Gasteiger charge is 2.23. The normalized spacial score (nSPS) is 20.4. The Morgan fingerprint density at radius 2 is 2.17 bits per heavy atom. The third-order valence-corrected chi connectivity index (χ3v) is 3.20. The molecule has 18 heavy (non-hydrogen) atoms. The number of ether oxygens (including phenoxy) is 1. The van der Waals surface area contributed by atoms with Crippen LogP contribution in [0.15, 0.2) is 42.5 Å². The van der Waals surface area contributed by atoms with E-state index in [2.05, 4.69) is 17.5 Å². The zero-order valence-corrected chi connectivity index (χ0v) is 10.6. The fourth-order valence-corrected chi connectivity index (χ4v) is 2.23. The lowest BCUT2D eigenvalue weighted by molar-refractivity contribution is -0.143. The Labute approximate surface area is 108 Å². The topological polar surface area (TPSA) is 38.3 Å². The second-order valence-electron chi connectivity index (χ2n) is 4.50. The predicted octanol–water partition coefficient (Wildman–Crippen LogP) is 2.60. The Kier molecular flexibility index (Phi) is 4.53. The minimum atomic E-state index is -0.385. The summed E-state index contributed by atoms with van der Waals surface area (Å²) in [5.41, 5.74) is 0.948. The summed E-state index contributed by atoms with van der Waals surface area (Å²) in [5.74, 6) is -0.236. The van der Waals surface area contributed by atoms with E-state index in [9.17, 15) is 4.79 Å². The molecule has 0 amide bonds. The average Bonchev–Trinajstić information content (AvgIpc) is 2.46. The van der Waals surface area contributed by atoms with Crippen molar-refractivity contribution in [2.24, 2.45) is 0 Å². The molecule has 0 aromatic heterocycles. The molecular formula is C15H19NO2. The molecule has 1 aromatic carbocycles. The van der Waals surface area contributed by atoms with Crippen LogP contribution in [-0.2, 0) is 9.53 Å². The summed E-state index contributed by atoms with van der Waals surface area (Å²) in [6, 6.07) is 9.57. The third-order valence-electron chi connectivity index (χ3n) is 3.20. The Balaban J connectivity index is 2.13. The van der Waals surface area contributed by atoms with Gasteiger partial charge in [-0.05, 0) is 24.8 Å². The van der Waals surface area contributed by atoms with Gasteiger partial charge in [0.15, 0.2) is 0 Å². The smallest absolute Gasteiger partial charge is 0.327 e. The van der Waals surface area contributed by atoms with Crippen LogP contribution in [0.4, 0.5) is 0 Å². The second kappa shape index (κ2) is 6.36. The molecule has 0 bridgehead atoms. The number of rotatable bonds is 4. The molecule has 0 fully saturated rings. The van der Waals surface area contributed by atoms with E-state index in [1.165, 1.54) is 7.11 Å². The highest BCUT2D eigenvalue weighted by molar-refractivity contribution is 5.77. The number of hydrogen-bond acceptors (Lipinski definition) is 3. The Morgan fingerprint density at radius 1 is 1.39 bits per heavy atom.